The molecule has 4 nitrogen and oxygen atoms in total. The second-order valence-corrected chi connectivity index (χ2v) is 7.66. The SMILES string of the molecule is CC(=O)CCC(C)(C)SSCCCC(=O)NN. The van der Waals surface area contributed by atoms with Crippen LogP contribution in [0.15, 0.2) is 0 Å². The molecule has 0 spiro atoms. The quantitative estimate of drug-likeness (QED) is 0.223. The lowest BCUT2D eigenvalue weighted by Gasteiger charge is -2.22. The van der Waals surface area contributed by atoms with Gasteiger partial charge in [-0.2, -0.15) is 0 Å². The first-order chi connectivity index (χ1) is 7.87. The van der Waals surface area contributed by atoms with E-state index in [1.54, 1.807) is 28.5 Å². The molecule has 0 atom stereocenters. The number of carbonyl (C=O) groups excluding carboxylic acids is 2. The maximum Gasteiger partial charge on any atom is 0.233 e. The molecule has 1 amide bonds. The number of hydrazine groups is 1. The van der Waals surface area contributed by atoms with Gasteiger partial charge in [-0.05, 0) is 33.6 Å². The maximum atomic E-state index is 10.9. The van der Waals surface area contributed by atoms with Gasteiger partial charge >= 0.3 is 0 Å². The molecule has 0 aromatic rings. The van der Waals surface area contributed by atoms with Crippen molar-refractivity contribution in [1.29, 1.82) is 0 Å². The van der Waals surface area contributed by atoms with Gasteiger partial charge in [0.2, 0.25) is 5.91 Å². The van der Waals surface area contributed by atoms with Crippen molar-refractivity contribution in [1.82, 2.24) is 5.43 Å². The number of hydrogen-bond donors (Lipinski definition) is 2. The molecule has 0 bridgehead atoms. The van der Waals surface area contributed by atoms with Gasteiger partial charge in [-0.25, -0.2) is 5.84 Å². The average molecular weight is 278 g/mol. The summed E-state index contributed by atoms with van der Waals surface area (Å²) in [6.07, 6.45) is 2.82. The predicted octanol–water partition coefficient (Wildman–Crippen LogP) is 2.29. The van der Waals surface area contributed by atoms with Crippen molar-refractivity contribution in [3.8, 4) is 0 Å². The number of amides is 1. The van der Waals surface area contributed by atoms with Crippen LogP contribution in [0.1, 0.15) is 46.5 Å². The Morgan fingerprint density at radius 2 is 1.94 bits per heavy atom. The van der Waals surface area contributed by atoms with Crippen LogP contribution in [-0.2, 0) is 9.59 Å². The van der Waals surface area contributed by atoms with E-state index < -0.39 is 0 Å². The second kappa shape index (κ2) is 8.83. The van der Waals surface area contributed by atoms with Gasteiger partial charge < -0.3 is 4.79 Å². The van der Waals surface area contributed by atoms with Crippen molar-refractivity contribution in [3.05, 3.63) is 0 Å². The Bertz CT molecular complexity index is 258. The van der Waals surface area contributed by atoms with E-state index in [1.165, 1.54) is 0 Å². The van der Waals surface area contributed by atoms with E-state index in [2.05, 4.69) is 19.3 Å². The van der Waals surface area contributed by atoms with Crippen molar-refractivity contribution in [2.24, 2.45) is 5.84 Å². The molecule has 0 unspecified atom stereocenters. The zero-order valence-corrected chi connectivity index (χ0v) is 12.4. The molecule has 0 aliphatic rings. The lowest BCUT2D eigenvalue weighted by molar-refractivity contribution is -0.121. The van der Waals surface area contributed by atoms with E-state index in [0.717, 1.165) is 18.6 Å². The molecule has 0 aromatic heterocycles. The zero-order valence-electron chi connectivity index (χ0n) is 10.7. The van der Waals surface area contributed by atoms with Crippen LogP contribution >= 0.6 is 21.6 Å². The molecule has 0 saturated carbocycles. The van der Waals surface area contributed by atoms with Crippen molar-refractivity contribution >= 4 is 33.3 Å². The van der Waals surface area contributed by atoms with Gasteiger partial charge in [0.15, 0.2) is 0 Å². The fraction of sp³-hybridized carbons (Fsp3) is 0.818. The number of carbonyl (C=O) groups is 2. The van der Waals surface area contributed by atoms with Gasteiger partial charge in [0, 0.05) is 23.3 Å². The number of nitrogens with one attached hydrogen (secondary N) is 1. The van der Waals surface area contributed by atoms with Crippen molar-refractivity contribution in [2.45, 2.75) is 51.2 Å². The van der Waals surface area contributed by atoms with Crippen LogP contribution in [0.3, 0.4) is 0 Å². The van der Waals surface area contributed by atoms with Crippen LogP contribution in [0.5, 0.6) is 0 Å². The minimum absolute atomic E-state index is 0.104. The van der Waals surface area contributed by atoms with Crippen molar-refractivity contribution in [2.75, 3.05) is 5.75 Å². The molecule has 0 aliphatic heterocycles. The lowest BCUT2D eigenvalue weighted by Crippen LogP contribution is -2.29. The first-order valence-electron chi connectivity index (χ1n) is 5.67. The van der Waals surface area contributed by atoms with E-state index in [0.29, 0.717) is 12.8 Å². The standard InChI is InChI=1S/C11H22N2O2S2/c1-9(14)6-7-11(2,3)17-16-8-4-5-10(15)13-12/h4-8,12H2,1-3H3,(H,13,15). The molecule has 0 heterocycles. The smallest absolute Gasteiger partial charge is 0.233 e. The molecule has 6 heteroatoms. The molecule has 0 radical (unpaired) electrons. The number of ketones is 1. The Morgan fingerprint density at radius 3 is 2.47 bits per heavy atom. The zero-order chi connectivity index (χ0) is 13.3. The monoisotopic (exact) mass is 278 g/mol. The third kappa shape index (κ3) is 10.7. The van der Waals surface area contributed by atoms with Crippen LogP contribution in [0.4, 0.5) is 0 Å². The van der Waals surface area contributed by atoms with E-state index in [-0.39, 0.29) is 16.4 Å². The number of rotatable bonds is 9. The van der Waals surface area contributed by atoms with Gasteiger partial charge in [-0.3, -0.25) is 10.2 Å². The molecular formula is C11H22N2O2S2. The van der Waals surface area contributed by atoms with Gasteiger partial charge in [0.25, 0.3) is 0 Å². The number of Topliss-reactive ketones (excluding diaryl/α,β-unsaturated/α-hetero) is 1. The number of nitrogens with two attached hydrogens (primary N) is 1. The van der Waals surface area contributed by atoms with E-state index >= 15 is 0 Å². The van der Waals surface area contributed by atoms with Crippen molar-refractivity contribution in [3.63, 3.8) is 0 Å². The van der Waals surface area contributed by atoms with Crippen LogP contribution in [0.25, 0.3) is 0 Å². The average Bonchev–Trinajstić information content (AvgIpc) is 2.25. The molecule has 3 N–H and O–H groups in total. The topological polar surface area (TPSA) is 72.2 Å². The highest BCUT2D eigenvalue weighted by Crippen LogP contribution is 2.39. The summed E-state index contributed by atoms with van der Waals surface area (Å²) in [5.41, 5.74) is 2.11. The van der Waals surface area contributed by atoms with Crippen LogP contribution < -0.4 is 11.3 Å². The summed E-state index contributed by atoms with van der Waals surface area (Å²) in [6, 6.07) is 0. The highest BCUT2D eigenvalue weighted by atomic mass is 33.1. The van der Waals surface area contributed by atoms with Crippen LogP contribution in [0.2, 0.25) is 0 Å². The summed E-state index contributed by atoms with van der Waals surface area (Å²) < 4.78 is 0.104. The van der Waals surface area contributed by atoms with Gasteiger partial charge in [-0.15, -0.1) is 0 Å². The highest BCUT2D eigenvalue weighted by Gasteiger charge is 2.19. The first-order valence-corrected chi connectivity index (χ1v) is 7.99. The van der Waals surface area contributed by atoms with E-state index in [9.17, 15) is 9.59 Å². The van der Waals surface area contributed by atoms with Gasteiger partial charge in [0.1, 0.15) is 5.78 Å². The molecule has 0 aromatic carbocycles. The molecule has 100 valence electrons. The van der Waals surface area contributed by atoms with Crippen LogP contribution in [0, 0.1) is 0 Å². The van der Waals surface area contributed by atoms with Crippen molar-refractivity contribution < 1.29 is 9.59 Å². The Labute approximate surface area is 111 Å². The summed E-state index contributed by atoms with van der Waals surface area (Å²) in [5, 5.41) is 0. The minimum Gasteiger partial charge on any atom is -0.300 e. The number of hydrogen-bond acceptors (Lipinski definition) is 5. The van der Waals surface area contributed by atoms with Gasteiger partial charge in [-0.1, -0.05) is 21.6 Å². The highest BCUT2D eigenvalue weighted by molar-refractivity contribution is 8.77. The molecule has 0 fully saturated rings. The summed E-state index contributed by atoms with van der Waals surface area (Å²) in [4.78, 5) is 21.8. The molecular weight excluding hydrogens is 256 g/mol. The first kappa shape index (κ1) is 16.8. The predicted molar refractivity (Wildman–Crippen MR) is 75.6 cm³/mol. The second-order valence-electron chi connectivity index (χ2n) is 4.54. The van der Waals surface area contributed by atoms with Crippen LogP contribution in [-0.4, -0.2) is 22.2 Å². The summed E-state index contributed by atoms with van der Waals surface area (Å²) in [6.45, 7) is 5.90. The third-order valence-corrected chi connectivity index (χ3v) is 5.59. The molecule has 0 saturated heterocycles. The lowest BCUT2D eigenvalue weighted by atomic mass is 10.1. The Balaban J connectivity index is 3.58. The minimum atomic E-state index is -0.119. The van der Waals surface area contributed by atoms with Gasteiger partial charge in [0.05, 0.1) is 0 Å². The Kier molecular flexibility index (Phi) is 8.72. The Morgan fingerprint density at radius 1 is 1.29 bits per heavy atom. The maximum absolute atomic E-state index is 10.9. The summed E-state index contributed by atoms with van der Waals surface area (Å²) in [7, 11) is 3.53. The van der Waals surface area contributed by atoms with E-state index in [4.69, 9.17) is 5.84 Å². The molecule has 0 rings (SSSR count). The normalized spacial score (nSPS) is 11.3. The van der Waals surface area contributed by atoms with E-state index in [1.807, 2.05) is 0 Å². The Hall–Kier alpha value is -0.200. The largest absolute Gasteiger partial charge is 0.300 e. The fourth-order valence-corrected chi connectivity index (χ4v) is 3.74. The fourth-order valence-electron chi connectivity index (χ4n) is 1.08. The molecule has 0 aliphatic carbocycles. The summed E-state index contributed by atoms with van der Waals surface area (Å²) >= 11 is 0. The summed E-state index contributed by atoms with van der Waals surface area (Å²) in [5.74, 6) is 6.02. The third-order valence-electron chi connectivity index (χ3n) is 2.16. The molecule has 17 heavy (non-hydrogen) atoms.